The first kappa shape index (κ1) is 17.3. The Labute approximate surface area is 121 Å². The van der Waals surface area contributed by atoms with Gasteiger partial charge >= 0.3 is 6.18 Å². The minimum atomic E-state index is -4.40. The third-order valence-electron chi connectivity index (χ3n) is 3.09. The Morgan fingerprint density at radius 3 is 2.38 bits per heavy atom. The standard InChI is InChI=1S/C14H19F3N2O2/c1-10(13(20)18-9-14(15,16)17)19(2)8-11-4-6-12(21-3)7-5-11/h4-7,10H,8-9H2,1-3H3,(H,18,20). The summed E-state index contributed by atoms with van der Waals surface area (Å²) in [6.45, 7) is 0.701. The van der Waals surface area contributed by atoms with Gasteiger partial charge in [-0.15, -0.1) is 0 Å². The molecule has 1 rings (SSSR count). The quantitative estimate of drug-likeness (QED) is 0.876. The van der Waals surface area contributed by atoms with E-state index >= 15 is 0 Å². The lowest BCUT2D eigenvalue weighted by Gasteiger charge is -2.24. The summed E-state index contributed by atoms with van der Waals surface area (Å²) in [4.78, 5) is 13.3. The summed E-state index contributed by atoms with van der Waals surface area (Å²) in [5.74, 6) is 0.0701. The van der Waals surface area contributed by atoms with Crippen LogP contribution in [0.5, 0.6) is 5.75 Å². The summed E-state index contributed by atoms with van der Waals surface area (Å²) in [5.41, 5.74) is 0.939. The number of ether oxygens (including phenoxy) is 1. The van der Waals surface area contributed by atoms with Gasteiger partial charge in [0, 0.05) is 6.54 Å². The van der Waals surface area contributed by atoms with Crippen LogP contribution in [-0.4, -0.2) is 43.7 Å². The first-order valence-corrected chi connectivity index (χ1v) is 6.40. The first-order chi connectivity index (χ1) is 9.73. The monoisotopic (exact) mass is 304 g/mol. The molecule has 1 atom stereocenters. The van der Waals surface area contributed by atoms with Crippen molar-refractivity contribution in [2.24, 2.45) is 0 Å². The lowest BCUT2D eigenvalue weighted by atomic mass is 10.2. The van der Waals surface area contributed by atoms with Crippen LogP contribution in [0.15, 0.2) is 24.3 Å². The van der Waals surface area contributed by atoms with Gasteiger partial charge in [0.15, 0.2) is 0 Å². The van der Waals surface area contributed by atoms with Crippen molar-refractivity contribution in [1.82, 2.24) is 10.2 Å². The Balaban J connectivity index is 2.52. The number of benzene rings is 1. The summed E-state index contributed by atoms with van der Waals surface area (Å²) in [5, 5.41) is 1.88. The lowest BCUT2D eigenvalue weighted by Crippen LogP contribution is -2.45. The number of carbonyl (C=O) groups is 1. The molecule has 0 saturated heterocycles. The fourth-order valence-corrected chi connectivity index (χ4v) is 1.69. The summed E-state index contributed by atoms with van der Waals surface area (Å²) in [7, 11) is 3.25. The van der Waals surface area contributed by atoms with Crippen molar-refractivity contribution in [2.45, 2.75) is 25.7 Å². The van der Waals surface area contributed by atoms with Gasteiger partial charge in [-0.2, -0.15) is 13.2 Å². The van der Waals surface area contributed by atoms with Crippen molar-refractivity contribution in [1.29, 1.82) is 0 Å². The molecular formula is C14H19F3N2O2. The molecule has 0 heterocycles. The number of carbonyl (C=O) groups excluding carboxylic acids is 1. The van der Waals surface area contributed by atoms with E-state index in [-0.39, 0.29) is 0 Å². The molecular weight excluding hydrogens is 285 g/mol. The Hall–Kier alpha value is -1.76. The Bertz CT molecular complexity index is 460. The SMILES string of the molecule is COc1ccc(CN(C)C(C)C(=O)NCC(F)(F)F)cc1. The number of hydrogen-bond acceptors (Lipinski definition) is 3. The molecule has 1 N–H and O–H groups in total. The highest BCUT2D eigenvalue weighted by Crippen LogP contribution is 2.14. The van der Waals surface area contributed by atoms with Gasteiger partial charge in [0.2, 0.25) is 5.91 Å². The number of hydrogen-bond donors (Lipinski definition) is 1. The summed E-state index contributed by atoms with van der Waals surface area (Å²) >= 11 is 0. The highest BCUT2D eigenvalue weighted by Gasteiger charge is 2.29. The van der Waals surface area contributed by atoms with Crippen molar-refractivity contribution in [3.05, 3.63) is 29.8 Å². The van der Waals surface area contributed by atoms with Crippen LogP contribution in [0, 0.1) is 0 Å². The van der Waals surface area contributed by atoms with E-state index in [9.17, 15) is 18.0 Å². The van der Waals surface area contributed by atoms with Gasteiger partial charge in [0.25, 0.3) is 0 Å². The zero-order valence-electron chi connectivity index (χ0n) is 12.2. The van der Waals surface area contributed by atoms with Crippen molar-refractivity contribution in [2.75, 3.05) is 20.7 Å². The van der Waals surface area contributed by atoms with Gasteiger partial charge < -0.3 is 10.1 Å². The number of nitrogens with one attached hydrogen (secondary N) is 1. The van der Waals surface area contributed by atoms with E-state index in [0.717, 1.165) is 11.3 Å². The van der Waals surface area contributed by atoms with Crippen LogP contribution < -0.4 is 10.1 Å². The minimum Gasteiger partial charge on any atom is -0.497 e. The van der Waals surface area contributed by atoms with E-state index in [1.807, 2.05) is 17.4 Å². The predicted molar refractivity (Wildman–Crippen MR) is 73.0 cm³/mol. The normalized spacial score (nSPS) is 13.1. The maximum Gasteiger partial charge on any atom is 0.405 e. The first-order valence-electron chi connectivity index (χ1n) is 6.40. The molecule has 0 radical (unpaired) electrons. The molecule has 1 aromatic rings. The lowest BCUT2D eigenvalue weighted by molar-refractivity contribution is -0.141. The van der Waals surface area contributed by atoms with Gasteiger partial charge in [0.05, 0.1) is 13.2 Å². The Morgan fingerprint density at radius 1 is 1.33 bits per heavy atom. The number of likely N-dealkylation sites (N-methyl/N-ethyl adjacent to an activating group) is 1. The van der Waals surface area contributed by atoms with Crippen LogP contribution in [-0.2, 0) is 11.3 Å². The summed E-state index contributed by atoms with van der Waals surface area (Å²) in [6, 6.07) is 6.61. The van der Waals surface area contributed by atoms with E-state index in [1.165, 1.54) is 0 Å². The largest absolute Gasteiger partial charge is 0.497 e. The van der Waals surface area contributed by atoms with E-state index in [0.29, 0.717) is 6.54 Å². The van der Waals surface area contributed by atoms with Crippen LogP contribution in [0.4, 0.5) is 13.2 Å². The van der Waals surface area contributed by atoms with Gasteiger partial charge in [-0.3, -0.25) is 9.69 Å². The van der Waals surface area contributed by atoms with Gasteiger partial charge in [-0.25, -0.2) is 0 Å². The molecule has 0 spiro atoms. The number of amides is 1. The molecule has 0 aliphatic heterocycles. The molecule has 0 aliphatic rings. The van der Waals surface area contributed by atoms with Gasteiger partial charge in [-0.1, -0.05) is 12.1 Å². The van der Waals surface area contributed by atoms with Gasteiger partial charge in [0.1, 0.15) is 12.3 Å². The maximum atomic E-state index is 12.1. The second-order valence-corrected chi connectivity index (χ2v) is 4.77. The van der Waals surface area contributed by atoms with Crippen LogP contribution in [0.25, 0.3) is 0 Å². The molecule has 1 unspecified atom stereocenters. The molecule has 1 amide bonds. The molecule has 4 nitrogen and oxygen atoms in total. The maximum absolute atomic E-state index is 12.1. The van der Waals surface area contributed by atoms with Crippen LogP contribution >= 0.6 is 0 Å². The number of rotatable bonds is 6. The molecule has 0 bridgehead atoms. The van der Waals surface area contributed by atoms with E-state index in [2.05, 4.69) is 0 Å². The molecule has 0 aliphatic carbocycles. The smallest absolute Gasteiger partial charge is 0.405 e. The zero-order valence-corrected chi connectivity index (χ0v) is 12.2. The molecule has 0 fully saturated rings. The highest BCUT2D eigenvalue weighted by molar-refractivity contribution is 5.81. The zero-order chi connectivity index (χ0) is 16.0. The van der Waals surface area contributed by atoms with Gasteiger partial charge in [-0.05, 0) is 31.7 Å². The Morgan fingerprint density at radius 2 is 1.90 bits per heavy atom. The molecule has 0 saturated carbocycles. The van der Waals surface area contributed by atoms with Crippen molar-refractivity contribution < 1.29 is 22.7 Å². The highest BCUT2D eigenvalue weighted by atomic mass is 19.4. The van der Waals surface area contributed by atoms with Crippen LogP contribution in [0.2, 0.25) is 0 Å². The summed E-state index contributed by atoms with van der Waals surface area (Å²) < 4.78 is 41.2. The molecule has 118 valence electrons. The molecule has 0 aromatic heterocycles. The second kappa shape index (κ2) is 7.31. The number of nitrogens with zero attached hydrogens (tertiary/aromatic N) is 1. The Kier molecular flexibility index (Phi) is 6.02. The van der Waals surface area contributed by atoms with Crippen molar-refractivity contribution in [3.8, 4) is 5.75 Å². The van der Waals surface area contributed by atoms with E-state index in [1.54, 1.807) is 38.1 Å². The molecule has 21 heavy (non-hydrogen) atoms. The van der Waals surface area contributed by atoms with E-state index in [4.69, 9.17) is 4.74 Å². The predicted octanol–water partition coefficient (Wildman–Crippen LogP) is 2.19. The minimum absolute atomic E-state index is 0.449. The fraction of sp³-hybridized carbons (Fsp3) is 0.500. The number of halogens is 3. The topological polar surface area (TPSA) is 41.6 Å². The van der Waals surface area contributed by atoms with Crippen LogP contribution in [0.1, 0.15) is 12.5 Å². The summed E-state index contributed by atoms with van der Waals surface area (Å²) in [6.07, 6.45) is -4.40. The van der Waals surface area contributed by atoms with Crippen molar-refractivity contribution >= 4 is 5.91 Å². The average Bonchev–Trinajstić information content (AvgIpc) is 2.43. The van der Waals surface area contributed by atoms with E-state index < -0.39 is 24.7 Å². The molecule has 7 heteroatoms. The number of alkyl halides is 3. The van der Waals surface area contributed by atoms with Crippen LogP contribution in [0.3, 0.4) is 0 Å². The molecule has 1 aromatic carbocycles. The van der Waals surface area contributed by atoms with Crippen molar-refractivity contribution in [3.63, 3.8) is 0 Å². The third-order valence-corrected chi connectivity index (χ3v) is 3.09. The fourth-order valence-electron chi connectivity index (χ4n) is 1.69. The third kappa shape index (κ3) is 6.03. The average molecular weight is 304 g/mol. The second-order valence-electron chi connectivity index (χ2n) is 4.77. The number of methoxy groups -OCH3 is 1.